The van der Waals surface area contributed by atoms with E-state index in [1.54, 1.807) is 0 Å². The highest BCUT2D eigenvalue weighted by Gasteiger charge is 2.27. The van der Waals surface area contributed by atoms with E-state index >= 15 is 0 Å². The van der Waals surface area contributed by atoms with E-state index in [0.29, 0.717) is 6.04 Å². The van der Waals surface area contributed by atoms with Crippen LogP contribution >= 0.6 is 0 Å². The molecule has 0 spiro atoms. The Kier molecular flexibility index (Phi) is 5.45. The summed E-state index contributed by atoms with van der Waals surface area (Å²) in [5, 5.41) is 3.77. The van der Waals surface area contributed by atoms with Gasteiger partial charge in [-0.15, -0.1) is 0 Å². The van der Waals surface area contributed by atoms with Crippen molar-refractivity contribution in [1.29, 1.82) is 0 Å². The molecular formula is C18H29N. The summed E-state index contributed by atoms with van der Waals surface area (Å²) in [6, 6.07) is 9.86. The van der Waals surface area contributed by atoms with Crippen LogP contribution in [0, 0.1) is 11.8 Å². The van der Waals surface area contributed by atoms with E-state index < -0.39 is 0 Å². The first kappa shape index (κ1) is 14.6. The summed E-state index contributed by atoms with van der Waals surface area (Å²) in [5.74, 6) is 1.60. The molecule has 19 heavy (non-hydrogen) atoms. The van der Waals surface area contributed by atoms with Crippen molar-refractivity contribution in [2.75, 3.05) is 6.54 Å². The molecule has 1 heteroatoms. The van der Waals surface area contributed by atoms with Crippen LogP contribution < -0.4 is 5.32 Å². The predicted octanol–water partition coefficient (Wildman–Crippen LogP) is 4.73. The molecule has 1 aliphatic rings. The molecule has 1 atom stereocenters. The second-order valence-electron chi connectivity index (χ2n) is 6.47. The average molecular weight is 259 g/mol. The maximum absolute atomic E-state index is 3.77. The predicted molar refractivity (Wildman–Crippen MR) is 83.4 cm³/mol. The van der Waals surface area contributed by atoms with E-state index in [1.165, 1.54) is 43.2 Å². The van der Waals surface area contributed by atoms with Crippen LogP contribution in [-0.4, -0.2) is 6.54 Å². The van der Waals surface area contributed by atoms with E-state index in [4.69, 9.17) is 0 Å². The Morgan fingerprint density at radius 3 is 2.63 bits per heavy atom. The monoisotopic (exact) mass is 259 g/mol. The van der Waals surface area contributed by atoms with Crippen LogP contribution in [0.2, 0.25) is 0 Å². The summed E-state index contributed by atoms with van der Waals surface area (Å²) in [5.41, 5.74) is 3.01. The van der Waals surface area contributed by atoms with Gasteiger partial charge < -0.3 is 5.32 Å². The molecule has 2 rings (SSSR count). The summed E-state index contributed by atoms with van der Waals surface area (Å²) < 4.78 is 0. The second kappa shape index (κ2) is 7.09. The highest BCUT2D eigenvalue weighted by atomic mass is 14.9. The van der Waals surface area contributed by atoms with Gasteiger partial charge >= 0.3 is 0 Å². The SMILES string of the molecule is CCCNC(c1cccc(CC(C)C)c1)C1CCC1. The number of hydrogen-bond donors (Lipinski definition) is 1. The zero-order chi connectivity index (χ0) is 13.7. The molecule has 0 saturated heterocycles. The molecule has 0 radical (unpaired) electrons. The van der Waals surface area contributed by atoms with E-state index in [9.17, 15) is 0 Å². The minimum atomic E-state index is 0.584. The largest absolute Gasteiger partial charge is 0.310 e. The zero-order valence-corrected chi connectivity index (χ0v) is 12.8. The Morgan fingerprint density at radius 2 is 2.05 bits per heavy atom. The van der Waals surface area contributed by atoms with Gasteiger partial charge in [0.25, 0.3) is 0 Å². The van der Waals surface area contributed by atoms with E-state index in [-0.39, 0.29) is 0 Å². The lowest BCUT2D eigenvalue weighted by Crippen LogP contribution is -2.32. The van der Waals surface area contributed by atoms with Crippen molar-refractivity contribution in [2.24, 2.45) is 11.8 Å². The number of rotatable bonds is 7. The highest BCUT2D eigenvalue weighted by Crippen LogP contribution is 2.38. The van der Waals surface area contributed by atoms with Crippen molar-refractivity contribution < 1.29 is 0 Å². The maximum atomic E-state index is 3.77. The molecule has 1 aliphatic carbocycles. The molecule has 0 bridgehead atoms. The van der Waals surface area contributed by atoms with E-state index in [1.807, 2.05) is 0 Å². The van der Waals surface area contributed by atoms with Gasteiger partial charge in [-0.1, -0.05) is 51.5 Å². The maximum Gasteiger partial charge on any atom is 0.0348 e. The molecule has 0 heterocycles. The first-order valence-electron chi connectivity index (χ1n) is 8.03. The van der Waals surface area contributed by atoms with Crippen molar-refractivity contribution in [2.45, 2.75) is 58.9 Å². The minimum Gasteiger partial charge on any atom is -0.310 e. The van der Waals surface area contributed by atoms with Crippen LogP contribution in [0.5, 0.6) is 0 Å². The first-order chi connectivity index (χ1) is 9.20. The van der Waals surface area contributed by atoms with Crippen molar-refractivity contribution in [3.63, 3.8) is 0 Å². The second-order valence-corrected chi connectivity index (χ2v) is 6.47. The fraction of sp³-hybridized carbons (Fsp3) is 0.667. The fourth-order valence-corrected chi connectivity index (χ4v) is 3.01. The third-order valence-electron chi connectivity index (χ3n) is 4.19. The molecule has 1 nitrogen and oxygen atoms in total. The van der Waals surface area contributed by atoms with Gasteiger partial charge in [0.2, 0.25) is 0 Å². The molecule has 1 aromatic carbocycles. The van der Waals surface area contributed by atoms with Gasteiger partial charge in [-0.05, 0) is 55.2 Å². The van der Waals surface area contributed by atoms with Crippen molar-refractivity contribution in [3.05, 3.63) is 35.4 Å². The summed E-state index contributed by atoms with van der Waals surface area (Å²) in [7, 11) is 0. The van der Waals surface area contributed by atoms with Crippen LogP contribution in [0.4, 0.5) is 0 Å². The first-order valence-corrected chi connectivity index (χ1v) is 8.03. The van der Waals surface area contributed by atoms with Gasteiger partial charge in [0.1, 0.15) is 0 Å². The van der Waals surface area contributed by atoms with Gasteiger partial charge in [0.15, 0.2) is 0 Å². The van der Waals surface area contributed by atoms with Gasteiger partial charge in [0.05, 0.1) is 0 Å². The zero-order valence-electron chi connectivity index (χ0n) is 12.8. The van der Waals surface area contributed by atoms with Crippen LogP contribution in [-0.2, 0) is 6.42 Å². The molecular weight excluding hydrogens is 230 g/mol. The molecule has 1 saturated carbocycles. The van der Waals surface area contributed by atoms with Gasteiger partial charge in [0, 0.05) is 6.04 Å². The quantitative estimate of drug-likeness (QED) is 0.746. The van der Waals surface area contributed by atoms with Crippen molar-refractivity contribution in [3.8, 4) is 0 Å². The summed E-state index contributed by atoms with van der Waals surface area (Å²) >= 11 is 0. The highest BCUT2D eigenvalue weighted by molar-refractivity contribution is 5.27. The van der Waals surface area contributed by atoms with Crippen LogP contribution in [0.1, 0.15) is 63.6 Å². The third-order valence-corrected chi connectivity index (χ3v) is 4.19. The molecule has 1 fully saturated rings. The standard InChI is InChI=1S/C18H29N/c1-4-11-19-18(16-8-6-9-16)17-10-5-7-15(13-17)12-14(2)3/h5,7,10,13-14,16,18-19H,4,6,8-9,11-12H2,1-3H3. The lowest BCUT2D eigenvalue weighted by atomic mass is 9.77. The Balaban J connectivity index is 2.10. The van der Waals surface area contributed by atoms with Crippen LogP contribution in [0.25, 0.3) is 0 Å². The normalized spacial score (nSPS) is 17.5. The van der Waals surface area contributed by atoms with Crippen molar-refractivity contribution in [1.82, 2.24) is 5.32 Å². The Labute approximate surface area is 118 Å². The summed E-state index contributed by atoms with van der Waals surface area (Å²) in [6.45, 7) is 7.98. The Bertz CT molecular complexity index is 379. The fourth-order valence-electron chi connectivity index (χ4n) is 3.01. The van der Waals surface area contributed by atoms with Gasteiger partial charge in [-0.2, -0.15) is 0 Å². The van der Waals surface area contributed by atoms with Gasteiger partial charge in [-0.25, -0.2) is 0 Å². The molecule has 0 aromatic heterocycles. The number of benzene rings is 1. The molecule has 0 aliphatic heterocycles. The minimum absolute atomic E-state index is 0.584. The molecule has 1 unspecified atom stereocenters. The molecule has 1 aromatic rings. The smallest absolute Gasteiger partial charge is 0.0348 e. The topological polar surface area (TPSA) is 12.0 Å². The lowest BCUT2D eigenvalue weighted by Gasteiger charge is -2.35. The Morgan fingerprint density at radius 1 is 1.26 bits per heavy atom. The third kappa shape index (κ3) is 4.07. The van der Waals surface area contributed by atoms with E-state index in [2.05, 4.69) is 50.4 Å². The molecule has 1 N–H and O–H groups in total. The van der Waals surface area contributed by atoms with Crippen LogP contribution in [0.15, 0.2) is 24.3 Å². The number of nitrogens with one attached hydrogen (secondary N) is 1. The van der Waals surface area contributed by atoms with E-state index in [0.717, 1.165) is 18.4 Å². The van der Waals surface area contributed by atoms with Crippen LogP contribution in [0.3, 0.4) is 0 Å². The number of hydrogen-bond acceptors (Lipinski definition) is 1. The van der Waals surface area contributed by atoms with Gasteiger partial charge in [-0.3, -0.25) is 0 Å². The lowest BCUT2D eigenvalue weighted by molar-refractivity contribution is 0.231. The Hall–Kier alpha value is -0.820. The summed E-state index contributed by atoms with van der Waals surface area (Å²) in [6.07, 6.45) is 6.63. The average Bonchev–Trinajstić information content (AvgIpc) is 2.31. The summed E-state index contributed by atoms with van der Waals surface area (Å²) in [4.78, 5) is 0. The molecule has 0 amide bonds. The molecule has 106 valence electrons. The van der Waals surface area contributed by atoms with Crippen molar-refractivity contribution >= 4 is 0 Å².